The number of aromatic hydroxyl groups is 1. The zero-order valence-electron chi connectivity index (χ0n) is 6.69. The van der Waals surface area contributed by atoms with Crippen LogP contribution in [0, 0.1) is 18.6 Å². The smallest absolute Gasteiger partial charge is 0.209 e. The summed E-state index contributed by atoms with van der Waals surface area (Å²) in [5, 5.41) is 8.91. The van der Waals surface area contributed by atoms with E-state index in [9.17, 15) is 8.78 Å². The summed E-state index contributed by atoms with van der Waals surface area (Å²) in [6.45, 7) is 1.41. The molecule has 0 aromatic heterocycles. The number of benzene rings is 1. The van der Waals surface area contributed by atoms with Crippen molar-refractivity contribution < 1.29 is 18.6 Å². The van der Waals surface area contributed by atoms with Gasteiger partial charge in [-0.3, -0.25) is 0 Å². The number of hydrogen-bond acceptors (Lipinski definition) is 2. The molecule has 0 saturated heterocycles. The van der Waals surface area contributed by atoms with E-state index in [0.717, 1.165) is 13.2 Å². The van der Waals surface area contributed by atoms with Gasteiger partial charge in [0.15, 0.2) is 17.3 Å². The van der Waals surface area contributed by atoms with Gasteiger partial charge in [-0.05, 0) is 18.6 Å². The van der Waals surface area contributed by atoms with Crippen molar-refractivity contribution in [3.63, 3.8) is 0 Å². The van der Waals surface area contributed by atoms with Gasteiger partial charge in [-0.15, -0.1) is 0 Å². The molecule has 1 N–H and O–H groups in total. The zero-order chi connectivity index (χ0) is 9.30. The van der Waals surface area contributed by atoms with Gasteiger partial charge in [-0.25, -0.2) is 4.39 Å². The number of rotatable bonds is 1. The van der Waals surface area contributed by atoms with Crippen LogP contribution in [0.2, 0.25) is 0 Å². The maximum absolute atomic E-state index is 13.0. The van der Waals surface area contributed by atoms with Crippen molar-refractivity contribution in [2.24, 2.45) is 0 Å². The Kier molecular flexibility index (Phi) is 2.17. The average molecular weight is 174 g/mol. The van der Waals surface area contributed by atoms with E-state index in [4.69, 9.17) is 5.11 Å². The van der Waals surface area contributed by atoms with Crippen molar-refractivity contribution in [1.82, 2.24) is 0 Å². The summed E-state index contributed by atoms with van der Waals surface area (Å²) in [5.41, 5.74) is 0.144. The molecule has 4 heteroatoms. The molecule has 0 heterocycles. The minimum Gasteiger partial charge on any atom is -0.505 e. The van der Waals surface area contributed by atoms with Crippen LogP contribution in [0.3, 0.4) is 0 Å². The molecular formula is C8H8F2O2. The lowest BCUT2D eigenvalue weighted by atomic mass is 10.2. The third-order valence-corrected chi connectivity index (χ3v) is 1.53. The third kappa shape index (κ3) is 1.20. The van der Waals surface area contributed by atoms with Crippen molar-refractivity contribution in [3.8, 4) is 11.5 Å². The molecule has 0 fully saturated rings. The van der Waals surface area contributed by atoms with Gasteiger partial charge in [0.25, 0.3) is 0 Å². The van der Waals surface area contributed by atoms with Gasteiger partial charge in [-0.1, -0.05) is 0 Å². The van der Waals surface area contributed by atoms with Crippen LogP contribution in [0.5, 0.6) is 11.5 Å². The summed E-state index contributed by atoms with van der Waals surface area (Å²) in [6.07, 6.45) is 0. The van der Waals surface area contributed by atoms with Gasteiger partial charge in [0, 0.05) is 0 Å². The lowest BCUT2D eigenvalue weighted by molar-refractivity contribution is 0.341. The molecule has 0 aliphatic heterocycles. The lowest BCUT2D eigenvalue weighted by Crippen LogP contribution is -1.95. The molecule has 0 saturated carbocycles. The van der Waals surface area contributed by atoms with Crippen LogP contribution in [0.15, 0.2) is 6.07 Å². The largest absolute Gasteiger partial charge is 0.505 e. The molecule has 0 radical (unpaired) electrons. The molecular weight excluding hydrogens is 166 g/mol. The number of aryl methyl sites for hydroxylation is 1. The second-order valence-corrected chi connectivity index (χ2v) is 2.37. The second kappa shape index (κ2) is 2.97. The zero-order valence-corrected chi connectivity index (χ0v) is 6.69. The van der Waals surface area contributed by atoms with Gasteiger partial charge in [-0.2, -0.15) is 4.39 Å². The van der Waals surface area contributed by atoms with Crippen LogP contribution in [-0.4, -0.2) is 12.2 Å². The molecule has 1 rings (SSSR count). The summed E-state index contributed by atoms with van der Waals surface area (Å²) in [4.78, 5) is 0. The molecule has 0 unspecified atom stereocenters. The lowest BCUT2D eigenvalue weighted by Gasteiger charge is -2.06. The van der Waals surface area contributed by atoms with Crippen LogP contribution >= 0.6 is 0 Å². The van der Waals surface area contributed by atoms with E-state index in [1.54, 1.807) is 0 Å². The van der Waals surface area contributed by atoms with Crippen LogP contribution in [-0.2, 0) is 0 Å². The maximum Gasteiger partial charge on any atom is 0.209 e. The predicted octanol–water partition coefficient (Wildman–Crippen LogP) is 1.99. The number of hydrogen-bond donors (Lipinski definition) is 1. The molecule has 2 nitrogen and oxygen atoms in total. The van der Waals surface area contributed by atoms with Gasteiger partial charge in [0.05, 0.1) is 7.11 Å². The van der Waals surface area contributed by atoms with Crippen LogP contribution in [0.4, 0.5) is 8.78 Å². The molecule has 0 spiro atoms. The van der Waals surface area contributed by atoms with E-state index < -0.39 is 23.1 Å². The van der Waals surface area contributed by atoms with Crippen LogP contribution in [0.25, 0.3) is 0 Å². The first-order valence-corrected chi connectivity index (χ1v) is 3.29. The van der Waals surface area contributed by atoms with E-state index in [1.807, 2.05) is 0 Å². The van der Waals surface area contributed by atoms with Gasteiger partial charge in [0.1, 0.15) is 0 Å². The fraction of sp³-hybridized carbons (Fsp3) is 0.250. The quantitative estimate of drug-likeness (QED) is 0.705. The van der Waals surface area contributed by atoms with Crippen molar-refractivity contribution >= 4 is 0 Å². The van der Waals surface area contributed by atoms with Crippen molar-refractivity contribution in [2.45, 2.75) is 6.92 Å². The summed E-state index contributed by atoms with van der Waals surface area (Å²) in [7, 11) is 1.14. The van der Waals surface area contributed by atoms with E-state index in [2.05, 4.69) is 4.74 Å². The highest BCUT2D eigenvalue weighted by atomic mass is 19.1. The highest BCUT2D eigenvalue weighted by molar-refractivity contribution is 5.40. The molecule has 1 aromatic carbocycles. The first-order valence-electron chi connectivity index (χ1n) is 3.29. The van der Waals surface area contributed by atoms with E-state index in [0.29, 0.717) is 0 Å². The number of phenols is 1. The molecule has 0 aliphatic rings. The van der Waals surface area contributed by atoms with Gasteiger partial charge < -0.3 is 9.84 Å². The number of halogens is 2. The Hall–Kier alpha value is -1.32. The summed E-state index contributed by atoms with van der Waals surface area (Å²) < 4.78 is 30.2. The second-order valence-electron chi connectivity index (χ2n) is 2.37. The Morgan fingerprint density at radius 1 is 1.33 bits per heavy atom. The monoisotopic (exact) mass is 174 g/mol. The Morgan fingerprint density at radius 2 is 1.92 bits per heavy atom. The molecule has 0 atom stereocenters. The van der Waals surface area contributed by atoms with Gasteiger partial charge in [0.2, 0.25) is 5.82 Å². The average Bonchev–Trinajstić information content (AvgIpc) is 2.02. The maximum atomic E-state index is 13.0. The normalized spacial score (nSPS) is 10.0. The summed E-state index contributed by atoms with van der Waals surface area (Å²) in [6, 6.07) is 1.01. The SMILES string of the molecule is COc1c(F)c(C)cc(O)c1F. The summed E-state index contributed by atoms with van der Waals surface area (Å²) in [5.74, 6) is -3.01. The number of methoxy groups -OCH3 is 1. The summed E-state index contributed by atoms with van der Waals surface area (Å²) >= 11 is 0. The minimum absolute atomic E-state index is 0.144. The highest BCUT2D eigenvalue weighted by Gasteiger charge is 2.16. The Labute approximate surface area is 68.4 Å². The Bertz CT molecular complexity index is 284. The van der Waals surface area contributed by atoms with Crippen molar-refractivity contribution in [1.29, 1.82) is 0 Å². The van der Waals surface area contributed by atoms with E-state index in [-0.39, 0.29) is 5.56 Å². The first-order chi connectivity index (χ1) is 5.57. The minimum atomic E-state index is -1.07. The third-order valence-electron chi connectivity index (χ3n) is 1.53. The van der Waals surface area contributed by atoms with Crippen molar-refractivity contribution in [2.75, 3.05) is 7.11 Å². The van der Waals surface area contributed by atoms with Crippen LogP contribution in [0.1, 0.15) is 5.56 Å². The fourth-order valence-corrected chi connectivity index (χ4v) is 0.903. The predicted molar refractivity (Wildman–Crippen MR) is 39.3 cm³/mol. The highest BCUT2D eigenvalue weighted by Crippen LogP contribution is 2.30. The van der Waals surface area contributed by atoms with Crippen LogP contribution < -0.4 is 4.74 Å². The Morgan fingerprint density at radius 3 is 2.42 bits per heavy atom. The topological polar surface area (TPSA) is 29.5 Å². The number of ether oxygens (including phenoxy) is 1. The van der Waals surface area contributed by atoms with Gasteiger partial charge >= 0.3 is 0 Å². The molecule has 0 aliphatic carbocycles. The number of phenolic OH excluding ortho intramolecular Hbond substituents is 1. The van der Waals surface area contributed by atoms with E-state index in [1.165, 1.54) is 6.92 Å². The molecule has 0 bridgehead atoms. The molecule has 1 aromatic rings. The van der Waals surface area contributed by atoms with E-state index >= 15 is 0 Å². The van der Waals surface area contributed by atoms with Crippen molar-refractivity contribution in [3.05, 3.63) is 23.3 Å². The Balaban J connectivity index is 3.42. The first kappa shape index (κ1) is 8.77. The fourth-order valence-electron chi connectivity index (χ4n) is 0.903. The molecule has 0 amide bonds. The molecule has 12 heavy (non-hydrogen) atoms. The standard InChI is InChI=1S/C8H8F2O2/c1-4-3-5(11)7(10)8(12-2)6(4)9/h3,11H,1-2H3. The molecule has 66 valence electrons.